The topological polar surface area (TPSA) is 359 Å². The van der Waals surface area contributed by atoms with Gasteiger partial charge in [0.25, 0.3) is 0 Å². The number of aliphatic hydroxyl groups is 1. The molecule has 0 radical (unpaired) electrons. The lowest BCUT2D eigenvalue weighted by Crippen LogP contribution is -2.69. The maximum Gasteiger partial charge on any atom is 0.397 e. The molecule has 3 saturated heterocycles. The Morgan fingerprint density at radius 2 is 0.683 bits per heavy atom. The Balaban J connectivity index is 1.10. The van der Waals surface area contributed by atoms with Gasteiger partial charge in [0.1, 0.15) is 48.6 Å². The maximum atomic E-state index is 15.0. The van der Waals surface area contributed by atoms with E-state index in [9.17, 15) is 56.4 Å². The zero-order chi connectivity index (χ0) is 73.3. The van der Waals surface area contributed by atoms with Gasteiger partial charge >= 0.3 is 58.2 Å². The Labute approximate surface area is 593 Å². The molecule has 540 valence electrons. The smallest absolute Gasteiger partial charge is 0.397 e. The summed E-state index contributed by atoms with van der Waals surface area (Å²) in [5.74, 6) is -8.90. The van der Waals surface area contributed by atoms with Crippen LogP contribution in [0.4, 0.5) is 0 Å². The Hall–Kier alpha value is -11.3. The van der Waals surface area contributed by atoms with Crippen LogP contribution in [0.25, 0.3) is 0 Å². The molecule has 0 saturated carbocycles. The third-order valence-electron chi connectivity index (χ3n) is 16.3. The number of methoxy groups -OCH3 is 2. The molecule has 15 atom stereocenters. The van der Waals surface area contributed by atoms with Gasteiger partial charge in [0.15, 0.2) is 55.3 Å². The van der Waals surface area contributed by atoms with Crippen molar-refractivity contribution in [1.82, 2.24) is 0 Å². The van der Waals surface area contributed by atoms with Crippen LogP contribution in [0.3, 0.4) is 0 Å². The zero-order valence-electron chi connectivity index (χ0n) is 55.0. The summed E-state index contributed by atoms with van der Waals surface area (Å²) in [4.78, 5) is 117. The van der Waals surface area contributed by atoms with Gasteiger partial charge in [-0.2, -0.15) is 8.42 Å². The van der Waals surface area contributed by atoms with Crippen LogP contribution < -0.4 is 9.47 Å². The van der Waals surface area contributed by atoms with Gasteiger partial charge in [-0.05, 0) is 109 Å². The second-order valence-electron chi connectivity index (χ2n) is 23.1. The van der Waals surface area contributed by atoms with Crippen molar-refractivity contribution in [3.8, 4) is 11.5 Å². The molecule has 3 aliphatic rings. The fraction of sp³-hybridized carbons (Fsp3) is 0.253. The molecule has 2 N–H and O–H groups in total. The first-order valence-corrected chi connectivity index (χ1v) is 33.4. The number of hydrogen-bond donors (Lipinski definition) is 2. The highest BCUT2D eigenvalue weighted by atomic mass is 32.3. The van der Waals surface area contributed by atoms with Crippen molar-refractivity contribution < 1.29 is 132 Å². The quantitative estimate of drug-likeness (QED) is 0.0299. The number of rotatable bonds is 26. The average molecular weight is 1450 g/mol. The van der Waals surface area contributed by atoms with Crippen LogP contribution in [0.15, 0.2) is 237 Å². The van der Waals surface area contributed by atoms with E-state index in [2.05, 4.69) is 0 Å². The monoisotopic (exact) mass is 1450 g/mol. The Bertz CT molecular complexity index is 4340. The minimum Gasteiger partial charge on any atom is -0.497 e. The first-order chi connectivity index (χ1) is 50.3. The molecule has 29 heteroatoms. The van der Waals surface area contributed by atoms with Crippen molar-refractivity contribution in [3.63, 3.8) is 0 Å². The molecular weight excluding hydrogens is 1380 g/mol. The van der Waals surface area contributed by atoms with Gasteiger partial charge in [-0.25, -0.2) is 42.5 Å². The van der Waals surface area contributed by atoms with Gasteiger partial charge in [-0.15, -0.1) is 0 Å². The van der Waals surface area contributed by atoms with E-state index in [1.54, 1.807) is 54.6 Å². The van der Waals surface area contributed by atoms with Crippen molar-refractivity contribution >= 4 is 58.2 Å². The molecule has 3 aliphatic heterocycles. The number of aliphatic hydroxyl groups excluding tert-OH is 1. The van der Waals surface area contributed by atoms with E-state index in [1.165, 1.54) is 189 Å². The molecule has 8 aromatic carbocycles. The molecule has 28 nitrogen and oxygen atoms in total. The van der Waals surface area contributed by atoms with E-state index in [-0.39, 0.29) is 44.7 Å². The number of esters is 8. The maximum absolute atomic E-state index is 15.0. The summed E-state index contributed by atoms with van der Waals surface area (Å²) in [5, 5.41) is 13.0. The standard InChI is InChI=1S/C75H66O28S/c1-88-51-38-40-52(41-39-51)92-73-63(99-70(82)49-34-20-8-21-35-49)58(56(95-66(78)45-26-12-4-13-27-45)54(94-73)42-90-65(77)44-24-10-3-11-25-44)102-74-62(98-69(81)48-32-18-7-19-33-48)57(55(76)53(93-74)43-91-104(85,86)87)101-75-64(100-71(83)50-36-22-9-23-37-50)60(97-68(80)47-30-16-6-17-31-47)59(61(103-75)72(84)89-2)96-67(79)46-28-14-5-15-29-46/h3-41,53-64,73-76H,42-43H2,1-2H3,(H,85,86,87)/t53-,54-,55+,56+,57+,58+,59+,60+,61+,62-,63-,64-,73-,74+,75-/m1/s1. The predicted octanol–water partition coefficient (Wildman–Crippen LogP) is 7.58. The molecule has 0 bridgehead atoms. The minimum atomic E-state index is -5.51. The zero-order valence-corrected chi connectivity index (χ0v) is 55.8. The van der Waals surface area contributed by atoms with Crippen molar-refractivity contribution in [2.75, 3.05) is 27.4 Å². The number of carbonyl (C=O) groups excluding carboxylic acids is 8. The fourth-order valence-electron chi connectivity index (χ4n) is 11.2. The molecule has 3 heterocycles. The summed E-state index contributed by atoms with van der Waals surface area (Å²) in [5.41, 5.74) is -0.721. The molecule has 8 aromatic rings. The summed E-state index contributed by atoms with van der Waals surface area (Å²) in [6.45, 7) is -2.22. The highest BCUT2D eigenvalue weighted by Gasteiger charge is 2.61. The van der Waals surface area contributed by atoms with Gasteiger partial charge in [0, 0.05) is 0 Å². The van der Waals surface area contributed by atoms with E-state index in [0.717, 1.165) is 7.11 Å². The fourth-order valence-corrected chi connectivity index (χ4v) is 11.5. The molecule has 0 amide bonds. The third-order valence-corrected chi connectivity index (χ3v) is 16.8. The van der Waals surface area contributed by atoms with E-state index in [4.69, 9.17) is 75.2 Å². The average Bonchev–Trinajstić information content (AvgIpc) is 0.759. The lowest BCUT2D eigenvalue weighted by Gasteiger charge is -2.50. The first kappa shape index (κ1) is 74.0. The number of carbonyl (C=O) groups is 8. The van der Waals surface area contributed by atoms with Gasteiger partial charge in [-0.3, -0.25) is 4.55 Å². The molecule has 0 aliphatic carbocycles. The molecule has 0 aromatic heterocycles. The summed E-state index contributed by atoms with van der Waals surface area (Å²) in [6.07, 6.45) is -33.5. The largest absolute Gasteiger partial charge is 0.497 e. The van der Waals surface area contributed by atoms with Crippen molar-refractivity contribution in [2.24, 2.45) is 0 Å². The summed E-state index contributed by atoms with van der Waals surface area (Å²) < 4.78 is 134. The second-order valence-corrected chi connectivity index (χ2v) is 24.2. The number of ether oxygens (including phenoxy) is 15. The minimum absolute atomic E-state index is 0.00255. The predicted molar refractivity (Wildman–Crippen MR) is 355 cm³/mol. The van der Waals surface area contributed by atoms with Crippen LogP contribution >= 0.6 is 0 Å². The van der Waals surface area contributed by atoms with E-state index in [1.807, 2.05) is 0 Å². The molecule has 11 rings (SSSR count). The normalized spacial score (nSPS) is 24.3. The van der Waals surface area contributed by atoms with Crippen LogP contribution in [0.5, 0.6) is 11.5 Å². The molecule has 0 spiro atoms. The SMILES string of the molecule is COC(=O)[C@H]1O[C@@H](O[C@H]2[C@@H](O)[C@@H](COS(=O)(=O)O)O[C@@H](O[C@H]3[C@@H](OC(=O)c4ccccc4)[C@@H](COC(=O)c4ccccc4)O[C@@H](Oc4ccc(OC)cc4)[C@@H]3OC(=O)c3ccccc3)[C@@H]2OC(=O)c2ccccc2)[C@H](OC(=O)c2ccccc2)[C@@H](OC(=O)c2ccccc2)[C@@H]1OC(=O)c1ccccc1. The van der Waals surface area contributed by atoms with Crippen molar-refractivity contribution in [3.05, 3.63) is 276 Å². The van der Waals surface area contributed by atoms with Gasteiger partial charge in [-0.1, -0.05) is 127 Å². The van der Waals surface area contributed by atoms with Gasteiger partial charge in [0.05, 0.1) is 59.8 Å². The summed E-state index contributed by atoms with van der Waals surface area (Å²) >= 11 is 0. The van der Waals surface area contributed by atoms with Crippen molar-refractivity contribution in [2.45, 2.75) is 92.1 Å². The number of benzene rings is 8. The van der Waals surface area contributed by atoms with E-state index >= 15 is 0 Å². The molecular formula is C75H66O28S. The summed E-state index contributed by atoms with van der Waals surface area (Å²) in [6, 6.07) is 57.1. The van der Waals surface area contributed by atoms with Crippen LogP contribution in [0.1, 0.15) is 72.5 Å². The van der Waals surface area contributed by atoms with Crippen molar-refractivity contribution in [1.29, 1.82) is 0 Å². The molecule has 104 heavy (non-hydrogen) atoms. The van der Waals surface area contributed by atoms with Crippen LogP contribution in [-0.4, -0.2) is 185 Å². The Morgan fingerprint density at radius 1 is 0.356 bits per heavy atom. The molecule has 3 fully saturated rings. The highest BCUT2D eigenvalue weighted by molar-refractivity contribution is 7.80. The highest BCUT2D eigenvalue weighted by Crippen LogP contribution is 2.40. The second kappa shape index (κ2) is 34.6. The molecule has 0 unspecified atom stereocenters. The van der Waals surface area contributed by atoms with Gasteiger partial charge in [0.2, 0.25) is 6.29 Å². The lowest BCUT2D eigenvalue weighted by molar-refractivity contribution is -0.373. The van der Waals surface area contributed by atoms with E-state index in [0.29, 0.717) is 5.75 Å². The number of hydrogen-bond acceptors (Lipinski definition) is 27. The van der Waals surface area contributed by atoms with Gasteiger partial charge < -0.3 is 76.2 Å². The Kier molecular flexibility index (Phi) is 24.6. The van der Waals surface area contributed by atoms with Crippen LogP contribution in [-0.2, 0) is 81.0 Å². The van der Waals surface area contributed by atoms with Crippen LogP contribution in [0.2, 0.25) is 0 Å². The first-order valence-electron chi connectivity index (χ1n) is 32.1. The third kappa shape index (κ3) is 18.7. The Morgan fingerprint density at radius 3 is 1.08 bits per heavy atom. The van der Waals surface area contributed by atoms with Crippen LogP contribution in [0, 0.1) is 0 Å². The lowest BCUT2D eigenvalue weighted by atomic mass is 9.95. The summed E-state index contributed by atoms with van der Waals surface area (Å²) in [7, 11) is -3.18. The van der Waals surface area contributed by atoms with E-state index < -0.39 is 163 Å².